The van der Waals surface area contributed by atoms with E-state index in [4.69, 9.17) is 5.73 Å². The molecule has 0 saturated heterocycles. The summed E-state index contributed by atoms with van der Waals surface area (Å²) >= 11 is 0. The van der Waals surface area contributed by atoms with E-state index in [-0.39, 0.29) is 5.96 Å². The maximum Gasteiger partial charge on any atom is 0.253 e. The van der Waals surface area contributed by atoms with Crippen LogP contribution in [0.5, 0.6) is 0 Å². The topological polar surface area (TPSA) is 96.6 Å². The van der Waals surface area contributed by atoms with Crippen LogP contribution in [0.25, 0.3) is 0 Å². The molecule has 4 N–H and O–H groups in total. The van der Waals surface area contributed by atoms with E-state index < -0.39 is 10.0 Å². The van der Waals surface area contributed by atoms with Gasteiger partial charge in [-0.15, -0.1) is 4.40 Å². The second-order valence-corrected chi connectivity index (χ2v) is 5.99. The van der Waals surface area contributed by atoms with E-state index in [0.717, 1.165) is 19.1 Å². The van der Waals surface area contributed by atoms with Crippen molar-refractivity contribution < 1.29 is 8.42 Å². The summed E-state index contributed by atoms with van der Waals surface area (Å²) in [4.78, 5) is 0. The van der Waals surface area contributed by atoms with Gasteiger partial charge in [-0.2, -0.15) is 0 Å². The number of nitrogens with zero attached hydrogens (tertiary/aromatic N) is 1. The minimum atomic E-state index is -3.44. The summed E-state index contributed by atoms with van der Waals surface area (Å²) < 4.78 is 26.1. The molecule has 1 aromatic rings. The lowest BCUT2D eigenvalue weighted by molar-refractivity contribution is 0.603. The van der Waals surface area contributed by atoms with Crippen molar-refractivity contribution in [2.24, 2.45) is 4.40 Å². The Morgan fingerprint density at radius 2 is 2.17 bits per heavy atom. The van der Waals surface area contributed by atoms with E-state index in [1.54, 1.807) is 24.3 Å². The van der Waals surface area contributed by atoms with Crippen molar-refractivity contribution in [3.63, 3.8) is 0 Å². The van der Waals surface area contributed by atoms with E-state index in [9.17, 15) is 8.42 Å². The monoisotopic (exact) mass is 268 g/mol. The van der Waals surface area contributed by atoms with Gasteiger partial charge in [-0.1, -0.05) is 6.07 Å². The number of benzene rings is 1. The molecular formula is C11H16N4O2S. The van der Waals surface area contributed by atoms with Crippen LogP contribution in [0.2, 0.25) is 0 Å². The average Bonchev–Trinajstić information content (AvgIpc) is 2.98. The van der Waals surface area contributed by atoms with Gasteiger partial charge < -0.3 is 16.4 Å². The lowest BCUT2D eigenvalue weighted by Crippen LogP contribution is -2.33. The molecule has 0 bridgehead atoms. The largest absolute Gasteiger partial charge is 0.399 e. The fourth-order valence-corrected chi connectivity index (χ4v) is 1.86. The summed E-state index contributed by atoms with van der Waals surface area (Å²) in [7, 11) is -3.44. The summed E-state index contributed by atoms with van der Waals surface area (Å²) in [6, 6.07) is 7.36. The van der Waals surface area contributed by atoms with Crippen LogP contribution in [-0.4, -0.2) is 26.7 Å². The quantitative estimate of drug-likeness (QED) is 0.427. The molecular weight excluding hydrogens is 252 g/mol. The summed E-state index contributed by atoms with van der Waals surface area (Å²) in [6.45, 7) is 0. The van der Waals surface area contributed by atoms with Crippen LogP contribution in [0.3, 0.4) is 0 Å². The maximum absolute atomic E-state index is 11.2. The first-order valence-electron chi connectivity index (χ1n) is 5.61. The summed E-state index contributed by atoms with van der Waals surface area (Å²) in [5, 5.41) is 5.96. The van der Waals surface area contributed by atoms with Gasteiger partial charge in [0.05, 0.1) is 6.26 Å². The molecule has 18 heavy (non-hydrogen) atoms. The van der Waals surface area contributed by atoms with Crippen LogP contribution in [0.1, 0.15) is 12.8 Å². The molecule has 6 nitrogen and oxygen atoms in total. The smallest absolute Gasteiger partial charge is 0.253 e. The van der Waals surface area contributed by atoms with E-state index in [1.807, 2.05) is 0 Å². The first kappa shape index (κ1) is 12.7. The van der Waals surface area contributed by atoms with E-state index in [1.165, 1.54) is 0 Å². The number of guanidine groups is 1. The third-order valence-electron chi connectivity index (χ3n) is 2.32. The Balaban J connectivity index is 2.16. The number of hydrogen-bond acceptors (Lipinski definition) is 3. The third kappa shape index (κ3) is 4.25. The predicted octanol–water partition coefficient (Wildman–Crippen LogP) is 0.748. The molecule has 7 heteroatoms. The molecule has 1 saturated carbocycles. The molecule has 0 atom stereocenters. The summed E-state index contributed by atoms with van der Waals surface area (Å²) in [5.41, 5.74) is 6.96. The summed E-state index contributed by atoms with van der Waals surface area (Å²) in [5.74, 6) is 0.241. The zero-order chi connectivity index (χ0) is 13.2. The lowest BCUT2D eigenvalue weighted by Gasteiger charge is -2.11. The number of nitrogen functional groups attached to an aromatic ring is 1. The van der Waals surface area contributed by atoms with Gasteiger partial charge in [-0.3, -0.25) is 0 Å². The molecule has 0 aliphatic heterocycles. The standard InChI is InChI=1S/C11H16N4O2S/c1-18(16,17)15-11(13-9-5-6-9)14-10-4-2-3-8(12)7-10/h2-4,7,9H,5-6,12H2,1H3,(H2,13,14,15). The number of sulfonamides is 1. The lowest BCUT2D eigenvalue weighted by atomic mass is 10.3. The van der Waals surface area contributed by atoms with E-state index in [2.05, 4.69) is 15.0 Å². The molecule has 0 heterocycles. The number of nitrogens with two attached hydrogens (primary N) is 1. The van der Waals surface area contributed by atoms with Gasteiger partial charge >= 0.3 is 0 Å². The van der Waals surface area contributed by atoms with Crippen LogP contribution in [0.15, 0.2) is 28.7 Å². The van der Waals surface area contributed by atoms with Crippen molar-refractivity contribution in [3.05, 3.63) is 24.3 Å². The molecule has 0 spiro atoms. The van der Waals surface area contributed by atoms with Gasteiger partial charge in [-0.25, -0.2) is 8.42 Å². The van der Waals surface area contributed by atoms with Gasteiger partial charge in [0.2, 0.25) is 5.96 Å². The van der Waals surface area contributed by atoms with Crippen LogP contribution in [-0.2, 0) is 10.0 Å². The van der Waals surface area contributed by atoms with Crippen molar-refractivity contribution in [3.8, 4) is 0 Å². The zero-order valence-electron chi connectivity index (χ0n) is 10.1. The average molecular weight is 268 g/mol. The van der Waals surface area contributed by atoms with E-state index >= 15 is 0 Å². The minimum Gasteiger partial charge on any atom is -0.399 e. The highest BCUT2D eigenvalue weighted by Crippen LogP contribution is 2.19. The fraction of sp³-hybridized carbons (Fsp3) is 0.364. The molecule has 2 rings (SSSR count). The SMILES string of the molecule is CS(=O)(=O)N=C(Nc1cccc(N)c1)NC1CC1. The van der Waals surface area contributed by atoms with Crippen LogP contribution >= 0.6 is 0 Å². The molecule has 0 aromatic heterocycles. The molecule has 1 aliphatic rings. The highest BCUT2D eigenvalue weighted by Gasteiger charge is 2.23. The van der Waals surface area contributed by atoms with Crippen molar-refractivity contribution in [2.45, 2.75) is 18.9 Å². The number of hydrogen-bond donors (Lipinski definition) is 3. The predicted molar refractivity (Wildman–Crippen MR) is 72.9 cm³/mol. The Labute approximate surface area is 106 Å². The number of nitrogens with one attached hydrogen (secondary N) is 2. The summed E-state index contributed by atoms with van der Waals surface area (Å²) in [6.07, 6.45) is 3.12. The molecule has 1 aromatic carbocycles. The zero-order valence-corrected chi connectivity index (χ0v) is 10.9. The Morgan fingerprint density at radius 1 is 1.44 bits per heavy atom. The second-order valence-electron chi connectivity index (χ2n) is 4.34. The van der Waals surface area contributed by atoms with Gasteiger partial charge in [0.15, 0.2) is 0 Å². The second kappa shape index (κ2) is 4.85. The molecule has 0 radical (unpaired) electrons. The number of anilines is 2. The molecule has 0 amide bonds. The van der Waals surface area contributed by atoms with Crippen molar-refractivity contribution >= 4 is 27.4 Å². The van der Waals surface area contributed by atoms with Gasteiger partial charge in [-0.05, 0) is 31.0 Å². The van der Waals surface area contributed by atoms with Crippen molar-refractivity contribution in [2.75, 3.05) is 17.3 Å². The Bertz CT molecular complexity index is 564. The van der Waals surface area contributed by atoms with Crippen LogP contribution in [0, 0.1) is 0 Å². The fourth-order valence-electron chi connectivity index (χ4n) is 1.43. The van der Waals surface area contributed by atoms with Gasteiger partial charge in [0, 0.05) is 17.4 Å². The Kier molecular flexibility index (Phi) is 3.42. The molecule has 1 aliphatic carbocycles. The van der Waals surface area contributed by atoms with Crippen molar-refractivity contribution in [1.29, 1.82) is 0 Å². The Morgan fingerprint density at radius 3 is 2.72 bits per heavy atom. The van der Waals surface area contributed by atoms with Crippen molar-refractivity contribution in [1.82, 2.24) is 5.32 Å². The third-order valence-corrected chi connectivity index (χ3v) is 2.84. The highest BCUT2D eigenvalue weighted by atomic mass is 32.2. The molecule has 1 fully saturated rings. The maximum atomic E-state index is 11.2. The first-order valence-corrected chi connectivity index (χ1v) is 7.46. The first-order chi connectivity index (χ1) is 8.42. The molecule has 98 valence electrons. The van der Waals surface area contributed by atoms with Gasteiger partial charge in [0.25, 0.3) is 10.0 Å². The van der Waals surface area contributed by atoms with E-state index in [0.29, 0.717) is 17.4 Å². The normalized spacial score (nSPS) is 16.4. The Hall–Kier alpha value is -1.76. The number of rotatable bonds is 3. The molecule has 0 unspecified atom stereocenters. The van der Waals surface area contributed by atoms with Crippen LogP contribution < -0.4 is 16.4 Å². The van der Waals surface area contributed by atoms with Gasteiger partial charge in [0.1, 0.15) is 0 Å². The highest BCUT2D eigenvalue weighted by molar-refractivity contribution is 7.89. The minimum absolute atomic E-state index is 0.241. The van der Waals surface area contributed by atoms with Crippen LogP contribution in [0.4, 0.5) is 11.4 Å².